The van der Waals surface area contributed by atoms with Gasteiger partial charge in [-0.05, 0) is 19.8 Å². The van der Waals surface area contributed by atoms with Crippen molar-refractivity contribution in [1.29, 1.82) is 0 Å². The Morgan fingerprint density at radius 2 is 2.00 bits per heavy atom. The van der Waals surface area contributed by atoms with Crippen molar-refractivity contribution in [2.75, 3.05) is 0 Å². The van der Waals surface area contributed by atoms with Crippen LogP contribution in [0.4, 0.5) is 0 Å². The lowest BCUT2D eigenvalue weighted by molar-refractivity contribution is -0.154. The van der Waals surface area contributed by atoms with Gasteiger partial charge in [0.25, 0.3) is 0 Å². The molecule has 0 aromatic carbocycles. The molecule has 0 saturated carbocycles. The lowest BCUT2D eigenvalue weighted by Gasteiger charge is -2.27. The first-order chi connectivity index (χ1) is 6.49. The van der Waals surface area contributed by atoms with Gasteiger partial charge in [0.05, 0.1) is 0 Å². The van der Waals surface area contributed by atoms with Gasteiger partial charge in [0, 0.05) is 0 Å². The molecule has 0 rings (SSSR count). The minimum Gasteiger partial charge on any atom is -0.455 e. The minimum absolute atomic E-state index is 0.0341. The summed E-state index contributed by atoms with van der Waals surface area (Å²) in [6, 6.07) is 0. The third-order valence-electron chi connectivity index (χ3n) is 2.31. The van der Waals surface area contributed by atoms with E-state index in [1.54, 1.807) is 0 Å². The van der Waals surface area contributed by atoms with Crippen LogP contribution in [0.15, 0.2) is 12.3 Å². The van der Waals surface area contributed by atoms with Crippen molar-refractivity contribution >= 4 is 12.4 Å². The van der Waals surface area contributed by atoms with Crippen molar-refractivity contribution in [2.45, 2.75) is 39.2 Å². The van der Waals surface area contributed by atoms with Crippen molar-refractivity contribution in [3.05, 3.63) is 12.3 Å². The first kappa shape index (κ1) is 12.7. The fourth-order valence-corrected chi connectivity index (χ4v) is 0.810. The van der Waals surface area contributed by atoms with E-state index in [4.69, 9.17) is 4.74 Å². The fraction of sp³-hybridized carbons (Fsp3) is 0.600. The van der Waals surface area contributed by atoms with Crippen LogP contribution in [-0.4, -0.2) is 18.0 Å². The van der Waals surface area contributed by atoms with Crippen LogP contribution in [0.5, 0.6) is 0 Å². The number of amides is 1. The summed E-state index contributed by atoms with van der Waals surface area (Å²) < 4.78 is 5.19. The summed E-state index contributed by atoms with van der Waals surface area (Å²) in [5.41, 5.74) is -0.516. The summed E-state index contributed by atoms with van der Waals surface area (Å²) >= 11 is 0. The van der Waals surface area contributed by atoms with E-state index in [9.17, 15) is 9.59 Å². The molecule has 0 bridgehead atoms. The van der Waals surface area contributed by atoms with E-state index < -0.39 is 11.6 Å². The molecule has 1 N–H and O–H groups in total. The fourth-order valence-electron chi connectivity index (χ4n) is 0.810. The van der Waals surface area contributed by atoms with Crippen molar-refractivity contribution < 1.29 is 14.3 Å². The molecular formula is C10H17NO3. The first-order valence-corrected chi connectivity index (χ1v) is 4.61. The second kappa shape index (κ2) is 5.42. The van der Waals surface area contributed by atoms with Crippen molar-refractivity contribution in [2.24, 2.45) is 0 Å². The Morgan fingerprint density at radius 3 is 2.36 bits per heavy atom. The highest BCUT2D eigenvalue weighted by atomic mass is 16.6. The number of carbonyl (C=O) groups is 2. The normalized spacial score (nSPS) is 10.5. The Labute approximate surface area is 84.3 Å². The molecule has 0 saturated heterocycles. The summed E-state index contributed by atoms with van der Waals surface area (Å²) in [5.74, 6) is -0.580. The number of hydrogen-bond acceptors (Lipinski definition) is 3. The van der Waals surface area contributed by atoms with Gasteiger partial charge in [0.1, 0.15) is 11.3 Å². The number of rotatable bonds is 6. The van der Waals surface area contributed by atoms with E-state index in [1.165, 1.54) is 0 Å². The van der Waals surface area contributed by atoms with Gasteiger partial charge in [-0.25, -0.2) is 4.79 Å². The van der Waals surface area contributed by atoms with Gasteiger partial charge in [0.2, 0.25) is 6.41 Å². The summed E-state index contributed by atoms with van der Waals surface area (Å²) in [6.45, 7) is 9.10. The quantitative estimate of drug-likeness (QED) is 0.399. The molecule has 4 heteroatoms. The van der Waals surface area contributed by atoms with Gasteiger partial charge in [-0.3, -0.25) is 4.79 Å². The molecule has 0 unspecified atom stereocenters. The molecule has 4 nitrogen and oxygen atoms in total. The lowest BCUT2D eigenvalue weighted by atomic mass is 10.0. The number of nitrogens with one attached hydrogen (secondary N) is 1. The molecule has 0 aromatic rings. The minimum atomic E-state index is -0.580. The van der Waals surface area contributed by atoms with Crippen molar-refractivity contribution in [3.63, 3.8) is 0 Å². The van der Waals surface area contributed by atoms with E-state index in [2.05, 4.69) is 11.9 Å². The van der Waals surface area contributed by atoms with Gasteiger partial charge in [-0.15, -0.1) is 0 Å². The van der Waals surface area contributed by atoms with Gasteiger partial charge < -0.3 is 10.1 Å². The Balaban J connectivity index is 4.29. The zero-order valence-corrected chi connectivity index (χ0v) is 8.92. The van der Waals surface area contributed by atoms with Crippen LogP contribution in [0.2, 0.25) is 0 Å². The Kier molecular flexibility index (Phi) is 4.91. The Bertz CT molecular complexity index is 232. The van der Waals surface area contributed by atoms with Gasteiger partial charge >= 0.3 is 5.97 Å². The second-order valence-corrected chi connectivity index (χ2v) is 3.29. The van der Waals surface area contributed by atoms with Crippen molar-refractivity contribution in [1.82, 2.24) is 5.32 Å². The lowest BCUT2D eigenvalue weighted by Crippen LogP contribution is -2.33. The number of hydrogen-bond donors (Lipinski definition) is 1. The molecule has 14 heavy (non-hydrogen) atoms. The molecule has 0 fully saturated rings. The van der Waals surface area contributed by atoms with E-state index in [1.807, 2.05) is 20.8 Å². The zero-order chi connectivity index (χ0) is 11.2. The molecule has 0 spiro atoms. The third kappa shape index (κ3) is 3.60. The van der Waals surface area contributed by atoms with Crippen LogP contribution in [0.1, 0.15) is 33.6 Å². The monoisotopic (exact) mass is 199 g/mol. The van der Waals surface area contributed by atoms with Crippen LogP contribution in [-0.2, 0) is 14.3 Å². The maximum absolute atomic E-state index is 11.3. The largest absolute Gasteiger partial charge is 0.455 e. The number of ether oxygens (including phenoxy) is 1. The molecule has 80 valence electrons. The van der Waals surface area contributed by atoms with E-state index in [0.717, 1.165) is 12.8 Å². The third-order valence-corrected chi connectivity index (χ3v) is 2.31. The van der Waals surface area contributed by atoms with Crippen LogP contribution in [0, 0.1) is 0 Å². The molecule has 0 aromatic heterocycles. The average Bonchev–Trinajstić information content (AvgIpc) is 2.18. The maximum atomic E-state index is 11.3. The smallest absolute Gasteiger partial charge is 0.354 e. The molecule has 0 aliphatic carbocycles. The Hall–Kier alpha value is -1.32. The molecular weight excluding hydrogens is 182 g/mol. The van der Waals surface area contributed by atoms with E-state index >= 15 is 0 Å². The average molecular weight is 199 g/mol. The standard InChI is InChI=1S/C10H17NO3/c1-5-10(4,6-2)14-9(13)8(3)11-7-12/h7H,3,5-6H2,1-2,4H3,(H,11,12). The predicted molar refractivity (Wildman–Crippen MR) is 53.4 cm³/mol. The molecule has 0 aliphatic rings. The van der Waals surface area contributed by atoms with Crippen LogP contribution in [0.3, 0.4) is 0 Å². The molecule has 0 atom stereocenters. The maximum Gasteiger partial charge on any atom is 0.354 e. The molecule has 0 aliphatic heterocycles. The molecule has 0 heterocycles. The second-order valence-electron chi connectivity index (χ2n) is 3.29. The first-order valence-electron chi connectivity index (χ1n) is 4.61. The van der Waals surface area contributed by atoms with Crippen molar-refractivity contribution in [3.8, 4) is 0 Å². The van der Waals surface area contributed by atoms with E-state index in [-0.39, 0.29) is 5.70 Å². The topological polar surface area (TPSA) is 55.4 Å². The summed E-state index contributed by atoms with van der Waals surface area (Å²) in [7, 11) is 0. The molecule has 0 radical (unpaired) electrons. The molecule has 1 amide bonds. The highest BCUT2D eigenvalue weighted by Crippen LogP contribution is 2.20. The number of carbonyl (C=O) groups excluding carboxylic acids is 2. The summed E-state index contributed by atoms with van der Waals surface area (Å²) in [4.78, 5) is 21.4. The van der Waals surface area contributed by atoms with E-state index in [0.29, 0.717) is 6.41 Å². The van der Waals surface area contributed by atoms with Gasteiger partial charge in [-0.1, -0.05) is 20.4 Å². The van der Waals surface area contributed by atoms with Crippen LogP contribution in [0.25, 0.3) is 0 Å². The summed E-state index contributed by atoms with van der Waals surface area (Å²) in [5, 5.41) is 2.17. The van der Waals surface area contributed by atoms with Gasteiger partial charge in [0.15, 0.2) is 0 Å². The SMILES string of the molecule is C=C(NC=O)C(=O)OC(C)(CC)CC. The predicted octanol–water partition coefficient (Wildman–Crippen LogP) is 1.37. The van der Waals surface area contributed by atoms with Gasteiger partial charge in [-0.2, -0.15) is 0 Å². The summed E-state index contributed by atoms with van der Waals surface area (Å²) in [6.07, 6.45) is 1.85. The Morgan fingerprint density at radius 1 is 1.50 bits per heavy atom. The zero-order valence-electron chi connectivity index (χ0n) is 8.92. The highest BCUT2D eigenvalue weighted by molar-refractivity contribution is 5.89. The van der Waals surface area contributed by atoms with Crippen LogP contribution < -0.4 is 5.32 Å². The number of esters is 1. The van der Waals surface area contributed by atoms with Crippen LogP contribution >= 0.6 is 0 Å². The highest BCUT2D eigenvalue weighted by Gasteiger charge is 2.25.